The van der Waals surface area contributed by atoms with Crippen molar-refractivity contribution in [1.29, 1.82) is 0 Å². The maximum atomic E-state index is 10.6. The summed E-state index contributed by atoms with van der Waals surface area (Å²) in [6.45, 7) is 0. The first-order valence-corrected chi connectivity index (χ1v) is 3.34. The zero-order valence-electron chi connectivity index (χ0n) is 5.66. The molecule has 0 heterocycles. The van der Waals surface area contributed by atoms with Crippen molar-refractivity contribution in [2.75, 3.05) is 0 Å². The van der Waals surface area contributed by atoms with Crippen molar-refractivity contribution >= 4 is 5.91 Å². The molecule has 0 aromatic heterocycles. The second-order valence-corrected chi connectivity index (χ2v) is 2.57. The molecule has 3 N–H and O–H groups in total. The van der Waals surface area contributed by atoms with Gasteiger partial charge in [0.15, 0.2) is 0 Å². The van der Waals surface area contributed by atoms with E-state index < -0.39 is 6.10 Å². The summed E-state index contributed by atoms with van der Waals surface area (Å²) in [5, 5.41) is 9.03. The fraction of sp³-hybridized carbons (Fsp3) is 0.571. The number of aliphatic hydroxyl groups is 1. The zero-order chi connectivity index (χ0) is 7.56. The van der Waals surface area contributed by atoms with E-state index in [1.807, 2.05) is 0 Å². The van der Waals surface area contributed by atoms with Crippen LogP contribution in [-0.4, -0.2) is 17.1 Å². The molecule has 2 atom stereocenters. The normalized spacial score (nSPS) is 32.1. The van der Waals surface area contributed by atoms with Crippen molar-refractivity contribution in [3.63, 3.8) is 0 Å². The number of aliphatic hydroxyl groups excluding tert-OH is 1. The van der Waals surface area contributed by atoms with Crippen molar-refractivity contribution < 1.29 is 9.90 Å². The predicted molar refractivity (Wildman–Crippen MR) is 37.1 cm³/mol. The summed E-state index contributed by atoms with van der Waals surface area (Å²) >= 11 is 0. The quantitative estimate of drug-likeness (QED) is 0.497. The highest BCUT2D eigenvalue weighted by atomic mass is 16.3. The lowest BCUT2D eigenvalue weighted by molar-refractivity contribution is -0.122. The van der Waals surface area contributed by atoms with Crippen LogP contribution in [0, 0.1) is 5.92 Å². The molecule has 3 nitrogen and oxygen atoms in total. The molecule has 56 valence electrons. The van der Waals surface area contributed by atoms with E-state index in [0.717, 1.165) is 0 Å². The van der Waals surface area contributed by atoms with E-state index in [4.69, 9.17) is 10.8 Å². The summed E-state index contributed by atoms with van der Waals surface area (Å²) in [6, 6.07) is 0. The summed E-state index contributed by atoms with van der Waals surface area (Å²) in [4.78, 5) is 10.6. The Hall–Kier alpha value is -0.830. The van der Waals surface area contributed by atoms with Gasteiger partial charge in [-0.15, -0.1) is 0 Å². The molecule has 1 rings (SSSR count). The number of hydrogen-bond donors (Lipinski definition) is 2. The summed E-state index contributed by atoms with van der Waals surface area (Å²) < 4.78 is 0. The summed E-state index contributed by atoms with van der Waals surface area (Å²) in [6.07, 6.45) is 4.16. The van der Waals surface area contributed by atoms with Crippen molar-refractivity contribution in [2.45, 2.75) is 18.9 Å². The Morgan fingerprint density at radius 2 is 2.40 bits per heavy atom. The van der Waals surface area contributed by atoms with Gasteiger partial charge in [-0.3, -0.25) is 4.79 Å². The molecule has 0 aliphatic heterocycles. The number of allylic oxidation sites excluding steroid dienone is 1. The topological polar surface area (TPSA) is 63.3 Å². The second kappa shape index (κ2) is 2.84. The molecule has 0 fully saturated rings. The van der Waals surface area contributed by atoms with Crippen LogP contribution in [0.3, 0.4) is 0 Å². The monoisotopic (exact) mass is 141 g/mol. The van der Waals surface area contributed by atoms with Crippen LogP contribution in [0.1, 0.15) is 12.8 Å². The Labute approximate surface area is 59.5 Å². The fourth-order valence-electron chi connectivity index (χ4n) is 1.10. The van der Waals surface area contributed by atoms with E-state index in [1.165, 1.54) is 0 Å². The van der Waals surface area contributed by atoms with Gasteiger partial charge >= 0.3 is 0 Å². The number of nitrogens with two attached hydrogens (primary N) is 1. The lowest BCUT2D eigenvalue weighted by Crippen LogP contribution is -2.28. The molecule has 10 heavy (non-hydrogen) atoms. The third-order valence-electron chi connectivity index (χ3n) is 1.71. The van der Waals surface area contributed by atoms with Gasteiger partial charge in [0.2, 0.25) is 5.91 Å². The van der Waals surface area contributed by atoms with Gasteiger partial charge in [-0.05, 0) is 12.8 Å². The maximum Gasteiger partial charge on any atom is 0.220 e. The van der Waals surface area contributed by atoms with Gasteiger partial charge in [-0.25, -0.2) is 0 Å². The molecule has 1 amide bonds. The lowest BCUT2D eigenvalue weighted by atomic mass is 9.92. The third-order valence-corrected chi connectivity index (χ3v) is 1.71. The number of hydrogen-bond acceptors (Lipinski definition) is 2. The van der Waals surface area contributed by atoms with Crippen LogP contribution in [0.15, 0.2) is 12.2 Å². The minimum Gasteiger partial charge on any atom is -0.389 e. The Morgan fingerprint density at radius 3 is 2.80 bits per heavy atom. The lowest BCUT2D eigenvalue weighted by Gasteiger charge is -2.17. The minimum absolute atomic E-state index is 0.167. The summed E-state index contributed by atoms with van der Waals surface area (Å²) in [5.41, 5.74) is 5.05. The van der Waals surface area contributed by atoms with Crippen LogP contribution in [0.25, 0.3) is 0 Å². The Morgan fingerprint density at radius 1 is 1.70 bits per heavy atom. The van der Waals surface area contributed by atoms with Gasteiger partial charge in [0.1, 0.15) is 0 Å². The number of carbonyl (C=O) groups excluding carboxylic acids is 1. The number of amides is 1. The van der Waals surface area contributed by atoms with Crippen molar-refractivity contribution in [1.82, 2.24) is 0 Å². The average molecular weight is 141 g/mol. The van der Waals surface area contributed by atoms with Crippen LogP contribution in [0.2, 0.25) is 0 Å². The number of rotatable bonds is 1. The molecule has 0 spiro atoms. The van der Waals surface area contributed by atoms with E-state index in [2.05, 4.69) is 0 Å². The van der Waals surface area contributed by atoms with E-state index in [0.29, 0.717) is 12.8 Å². The molecule has 3 heteroatoms. The van der Waals surface area contributed by atoms with E-state index in [-0.39, 0.29) is 11.8 Å². The van der Waals surface area contributed by atoms with Gasteiger partial charge in [0.25, 0.3) is 0 Å². The third kappa shape index (κ3) is 1.57. The van der Waals surface area contributed by atoms with E-state index >= 15 is 0 Å². The molecular weight excluding hydrogens is 130 g/mol. The minimum atomic E-state index is -0.480. The zero-order valence-corrected chi connectivity index (χ0v) is 5.66. The first-order valence-electron chi connectivity index (χ1n) is 3.34. The number of carbonyl (C=O) groups is 1. The average Bonchev–Trinajstić information content (AvgIpc) is 1.88. The highest BCUT2D eigenvalue weighted by Crippen LogP contribution is 2.17. The van der Waals surface area contributed by atoms with Crippen molar-refractivity contribution in [2.24, 2.45) is 11.7 Å². The summed E-state index contributed by atoms with van der Waals surface area (Å²) in [7, 11) is 0. The van der Waals surface area contributed by atoms with Crippen LogP contribution >= 0.6 is 0 Å². The SMILES string of the molecule is NC(=O)[C@@H]1CC=C[C@H](O)C1. The van der Waals surface area contributed by atoms with E-state index in [1.54, 1.807) is 12.2 Å². The molecule has 0 unspecified atom stereocenters. The van der Waals surface area contributed by atoms with Crippen molar-refractivity contribution in [3.05, 3.63) is 12.2 Å². The second-order valence-electron chi connectivity index (χ2n) is 2.57. The largest absolute Gasteiger partial charge is 0.389 e. The fourth-order valence-corrected chi connectivity index (χ4v) is 1.10. The molecule has 1 aliphatic carbocycles. The maximum absolute atomic E-state index is 10.6. The molecular formula is C7H11NO2. The van der Waals surface area contributed by atoms with Gasteiger partial charge in [-0.2, -0.15) is 0 Å². The molecule has 0 aromatic carbocycles. The first-order chi connectivity index (χ1) is 4.70. The van der Waals surface area contributed by atoms with Crippen LogP contribution in [-0.2, 0) is 4.79 Å². The first kappa shape index (κ1) is 7.28. The van der Waals surface area contributed by atoms with Gasteiger partial charge in [-0.1, -0.05) is 12.2 Å². The standard InChI is InChI=1S/C7H11NO2/c8-7(10)5-2-1-3-6(9)4-5/h1,3,5-6,9H,2,4H2,(H2,8,10)/t5-,6+/m1/s1. The van der Waals surface area contributed by atoms with E-state index in [9.17, 15) is 4.79 Å². The molecule has 0 saturated carbocycles. The Balaban J connectivity index is 2.52. The Kier molecular flexibility index (Phi) is 2.06. The molecule has 0 aromatic rings. The molecule has 0 radical (unpaired) electrons. The highest BCUT2D eigenvalue weighted by molar-refractivity contribution is 5.77. The van der Waals surface area contributed by atoms with Gasteiger partial charge < -0.3 is 10.8 Å². The van der Waals surface area contributed by atoms with Crippen molar-refractivity contribution in [3.8, 4) is 0 Å². The molecule has 0 saturated heterocycles. The van der Waals surface area contributed by atoms with Gasteiger partial charge in [0.05, 0.1) is 6.10 Å². The van der Waals surface area contributed by atoms with Crippen LogP contribution in [0.5, 0.6) is 0 Å². The van der Waals surface area contributed by atoms with Gasteiger partial charge in [0, 0.05) is 5.92 Å². The number of primary amides is 1. The smallest absolute Gasteiger partial charge is 0.220 e. The van der Waals surface area contributed by atoms with Crippen LogP contribution in [0.4, 0.5) is 0 Å². The Bertz CT molecular complexity index is 165. The predicted octanol–water partition coefficient (Wildman–Crippen LogP) is -0.201. The van der Waals surface area contributed by atoms with Crippen LogP contribution < -0.4 is 5.73 Å². The molecule has 0 bridgehead atoms. The molecule has 1 aliphatic rings. The summed E-state index contributed by atoms with van der Waals surface area (Å²) in [5.74, 6) is -0.483. The highest BCUT2D eigenvalue weighted by Gasteiger charge is 2.19.